The number of carbonyl (C=O) groups is 1. The molecule has 0 unspecified atom stereocenters. The average molecular weight is 318 g/mol. The molecule has 0 amide bonds. The van der Waals surface area contributed by atoms with Crippen LogP contribution >= 0.6 is 11.8 Å². The van der Waals surface area contributed by atoms with E-state index in [2.05, 4.69) is 10.2 Å². The average Bonchev–Trinajstić information content (AvgIpc) is 2.40. The van der Waals surface area contributed by atoms with Gasteiger partial charge in [-0.3, -0.25) is 0 Å². The van der Waals surface area contributed by atoms with Crippen molar-refractivity contribution in [3.63, 3.8) is 0 Å². The van der Waals surface area contributed by atoms with Crippen molar-refractivity contribution in [3.8, 4) is 0 Å². The zero-order valence-corrected chi connectivity index (χ0v) is 10.9. The molecule has 0 spiro atoms. The van der Waals surface area contributed by atoms with Crippen molar-refractivity contribution in [1.29, 1.82) is 0 Å². The van der Waals surface area contributed by atoms with Crippen LogP contribution in [0.15, 0.2) is 40.3 Å². The molecule has 0 aliphatic heterocycles. The first kappa shape index (κ1) is 15.2. The highest BCUT2D eigenvalue weighted by Gasteiger charge is 2.32. The molecule has 0 saturated carbocycles. The molecule has 0 aliphatic rings. The summed E-state index contributed by atoms with van der Waals surface area (Å²) in [5, 5.41) is 15.3. The Labute approximate surface area is 119 Å². The maximum Gasteiger partial charge on any atom is 0.435 e. The summed E-state index contributed by atoms with van der Waals surface area (Å²) in [4.78, 5) is 11.1. The van der Waals surface area contributed by atoms with Gasteiger partial charge in [-0.1, -0.05) is 11.8 Å². The van der Waals surface area contributed by atoms with Gasteiger partial charge in [0.2, 0.25) is 0 Å². The van der Waals surface area contributed by atoms with Gasteiger partial charge in [-0.25, -0.2) is 9.18 Å². The van der Waals surface area contributed by atoms with Gasteiger partial charge in [0, 0.05) is 4.90 Å². The SMILES string of the molecule is O=C(O)c1cc(Sc2ccc(C(F)(F)F)nn2)ccc1F. The van der Waals surface area contributed by atoms with Gasteiger partial charge in [-0.2, -0.15) is 13.2 Å². The van der Waals surface area contributed by atoms with Crippen LogP contribution in [0.25, 0.3) is 0 Å². The number of aromatic nitrogens is 2. The van der Waals surface area contributed by atoms with E-state index in [0.29, 0.717) is 4.90 Å². The zero-order chi connectivity index (χ0) is 15.6. The molecule has 21 heavy (non-hydrogen) atoms. The number of hydrogen-bond donors (Lipinski definition) is 1. The van der Waals surface area contributed by atoms with Gasteiger partial charge in [0.05, 0.1) is 5.56 Å². The topological polar surface area (TPSA) is 63.1 Å². The first-order valence-electron chi connectivity index (χ1n) is 5.39. The van der Waals surface area contributed by atoms with Crippen molar-refractivity contribution in [2.75, 3.05) is 0 Å². The third-order valence-corrected chi connectivity index (χ3v) is 3.24. The minimum atomic E-state index is -4.58. The van der Waals surface area contributed by atoms with Gasteiger partial charge in [0.25, 0.3) is 0 Å². The third kappa shape index (κ3) is 3.69. The van der Waals surface area contributed by atoms with Crippen LogP contribution in [0.2, 0.25) is 0 Å². The van der Waals surface area contributed by atoms with Crippen LogP contribution in [0.5, 0.6) is 0 Å². The van der Waals surface area contributed by atoms with E-state index in [1.807, 2.05) is 0 Å². The number of aromatic carboxylic acids is 1. The van der Waals surface area contributed by atoms with E-state index in [0.717, 1.165) is 36.0 Å². The largest absolute Gasteiger partial charge is 0.478 e. The molecule has 1 aromatic heterocycles. The van der Waals surface area contributed by atoms with E-state index >= 15 is 0 Å². The lowest BCUT2D eigenvalue weighted by Gasteiger charge is -2.06. The van der Waals surface area contributed by atoms with Gasteiger partial charge in [-0.05, 0) is 30.3 Å². The van der Waals surface area contributed by atoms with Crippen molar-refractivity contribution in [2.45, 2.75) is 16.1 Å². The molecular formula is C12H6F4N2O2S. The van der Waals surface area contributed by atoms with E-state index in [1.165, 1.54) is 6.07 Å². The molecule has 2 aromatic rings. The van der Waals surface area contributed by atoms with Crippen LogP contribution in [0.4, 0.5) is 17.6 Å². The monoisotopic (exact) mass is 318 g/mol. The number of hydrogen-bond acceptors (Lipinski definition) is 4. The number of alkyl halides is 3. The number of nitrogens with zero attached hydrogens (tertiary/aromatic N) is 2. The van der Waals surface area contributed by atoms with Gasteiger partial charge in [0.1, 0.15) is 10.8 Å². The minimum absolute atomic E-state index is 0.131. The highest BCUT2D eigenvalue weighted by atomic mass is 32.2. The van der Waals surface area contributed by atoms with Crippen LogP contribution in [0.3, 0.4) is 0 Å². The normalized spacial score (nSPS) is 11.4. The lowest BCUT2D eigenvalue weighted by Crippen LogP contribution is -2.08. The highest BCUT2D eigenvalue weighted by molar-refractivity contribution is 7.99. The lowest BCUT2D eigenvalue weighted by molar-refractivity contribution is -0.141. The minimum Gasteiger partial charge on any atom is -0.478 e. The van der Waals surface area contributed by atoms with Crippen molar-refractivity contribution >= 4 is 17.7 Å². The smallest absolute Gasteiger partial charge is 0.435 e. The van der Waals surface area contributed by atoms with Crippen LogP contribution < -0.4 is 0 Å². The number of halogens is 4. The predicted octanol–water partition coefficient (Wildman–Crippen LogP) is 3.48. The zero-order valence-electron chi connectivity index (χ0n) is 10.1. The van der Waals surface area contributed by atoms with Gasteiger partial charge in [0.15, 0.2) is 5.69 Å². The third-order valence-electron chi connectivity index (χ3n) is 2.32. The summed E-state index contributed by atoms with van der Waals surface area (Å²) in [6.07, 6.45) is -4.58. The maximum atomic E-state index is 13.2. The van der Waals surface area contributed by atoms with E-state index in [4.69, 9.17) is 5.11 Å². The maximum absolute atomic E-state index is 13.2. The van der Waals surface area contributed by atoms with E-state index in [1.54, 1.807) is 0 Å². The Morgan fingerprint density at radius 2 is 1.86 bits per heavy atom. The van der Waals surface area contributed by atoms with Crippen LogP contribution in [0, 0.1) is 5.82 Å². The van der Waals surface area contributed by atoms with E-state index in [9.17, 15) is 22.4 Å². The Kier molecular flexibility index (Phi) is 4.12. The number of rotatable bonds is 3. The van der Waals surface area contributed by atoms with Gasteiger partial charge in [-0.15, -0.1) is 10.2 Å². The summed E-state index contributed by atoms with van der Waals surface area (Å²) in [6.45, 7) is 0. The Hall–Kier alpha value is -2.16. The fourth-order valence-electron chi connectivity index (χ4n) is 1.38. The second-order valence-electron chi connectivity index (χ2n) is 3.80. The molecule has 2 rings (SSSR count). The Morgan fingerprint density at radius 1 is 1.14 bits per heavy atom. The summed E-state index contributed by atoms with van der Waals surface area (Å²) in [6, 6.07) is 5.19. The summed E-state index contributed by atoms with van der Waals surface area (Å²) in [5.74, 6) is -2.33. The standard InChI is InChI=1S/C12H6F4N2O2S/c13-8-2-1-6(5-7(8)11(19)20)21-10-4-3-9(17-18-10)12(14,15)16/h1-5H,(H,19,20). The van der Waals surface area contributed by atoms with Crippen LogP contribution in [-0.2, 0) is 6.18 Å². The summed E-state index contributed by atoms with van der Waals surface area (Å²) in [5.41, 5.74) is -1.66. The lowest BCUT2D eigenvalue weighted by atomic mass is 10.2. The van der Waals surface area contributed by atoms with E-state index < -0.39 is 29.2 Å². The Morgan fingerprint density at radius 3 is 2.38 bits per heavy atom. The highest BCUT2D eigenvalue weighted by Crippen LogP contribution is 2.30. The fraction of sp³-hybridized carbons (Fsp3) is 0.0833. The predicted molar refractivity (Wildman–Crippen MR) is 64.5 cm³/mol. The number of carboxylic acid groups (broad SMARTS) is 1. The van der Waals surface area contributed by atoms with Crippen LogP contribution in [0.1, 0.15) is 16.1 Å². The Bertz CT molecular complexity index is 674. The molecule has 110 valence electrons. The first-order valence-corrected chi connectivity index (χ1v) is 6.20. The Balaban J connectivity index is 2.22. The molecule has 4 nitrogen and oxygen atoms in total. The van der Waals surface area contributed by atoms with Crippen molar-refractivity contribution < 1.29 is 27.5 Å². The molecular weight excluding hydrogens is 312 g/mol. The molecule has 1 aromatic carbocycles. The molecule has 0 bridgehead atoms. The number of benzene rings is 1. The first-order chi connectivity index (χ1) is 9.77. The van der Waals surface area contributed by atoms with Crippen molar-refractivity contribution in [1.82, 2.24) is 10.2 Å². The molecule has 9 heteroatoms. The molecule has 0 fully saturated rings. The summed E-state index contributed by atoms with van der Waals surface area (Å²) < 4.78 is 50.1. The summed E-state index contributed by atoms with van der Waals surface area (Å²) >= 11 is 0.876. The molecule has 0 aliphatic carbocycles. The van der Waals surface area contributed by atoms with E-state index in [-0.39, 0.29) is 5.03 Å². The summed E-state index contributed by atoms with van der Waals surface area (Å²) in [7, 11) is 0. The van der Waals surface area contributed by atoms with Gasteiger partial charge >= 0.3 is 12.1 Å². The quantitative estimate of drug-likeness (QED) is 0.878. The molecule has 0 radical (unpaired) electrons. The van der Waals surface area contributed by atoms with Crippen molar-refractivity contribution in [3.05, 3.63) is 47.4 Å². The van der Waals surface area contributed by atoms with Crippen molar-refractivity contribution in [2.24, 2.45) is 0 Å². The van der Waals surface area contributed by atoms with Crippen LogP contribution in [-0.4, -0.2) is 21.3 Å². The second-order valence-corrected chi connectivity index (χ2v) is 4.90. The molecule has 1 N–H and O–H groups in total. The molecule has 0 atom stereocenters. The second kappa shape index (κ2) is 5.68. The molecule has 1 heterocycles. The molecule has 0 saturated heterocycles. The van der Waals surface area contributed by atoms with Gasteiger partial charge < -0.3 is 5.11 Å². The number of carboxylic acids is 1. The fourth-order valence-corrected chi connectivity index (χ4v) is 2.15.